The van der Waals surface area contributed by atoms with E-state index in [1.165, 1.54) is 30.3 Å². The molecule has 144 valence electrons. The fourth-order valence-electron chi connectivity index (χ4n) is 4.02. The second-order valence-corrected chi connectivity index (χ2v) is 7.86. The van der Waals surface area contributed by atoms with Gasteiger partial charge in [0.2, 0.25) is 0 Å². The fraction of sp³-hybridized carbons (Fsp3) is 0.500. The van der Waals surface area contributed by atoms with Crippen molar-refractivity contribution in [3.63, 3.8) is 0 Å². The van der Waals surface area contributed by atoms with Crippen LogP contribution in [0.2, 0.25) is 0 Å². The molecule has 0 heterocycles. The summed E-state index contributed by atoms with van der Waals surface area (Å²) in [7, 11) is 0. The van der Waals surface area contributed by atoms with Gasteiger partial charge in [0, 0.05) is 6.42 Å². The van der Waals surface area contributed by atoms with Crippen molar-refractivity contribution in [2.75, 3.05) is 0 Å². The molecule has 1 aromatic carbocycles. The first kappa shape index (κ1) is 20.8. The third-order valence-electron chi connectivity index (χ3n) is 5.27. The highest BCUT2D eigenvalue weighted by Crippen LogP contribution is 2.42. The first-order chi connectivity index (χ1) is 12.8. The number of carboxylic acids is 1. The lowest BCUT2D eigenvalue weighted by Crippen LogP contribution is -2.19. The van der Waals surface area contributed by atoms with Crippen LogP contribution < -0.4 is 0 Å². The lowest BCUT2D eigenvalue weighted by atomic mass is 9.88. The number of rotatable bonds is 8. The summed E-state index contributed by atoms with van der Waals surface area (Å²) in [5.74, 6) is -0.900. The Labute approximate surface area is 159 Å². The zero-order valence-corrected chi connectivity index (χ0v) is 15.8. The van der Waals surface area contributed by atoms with Gasteiger partial charge in [0.1, 0.15) is 11.9 Å². The highest BCUT2D eigenvalue weighted by molar-refractivity contribution is 6.03. The van der Waals surface area contributed by atoms with Crippen LogP contribution in [0.15, 0.2) is 29.8 Å². The number of Topliss-reactive ketones (excluding diaryl/α,β-unsaturated/α-hetero) is 1. The van der Waals surface area contributed by atoms with Crippen molar-refractivity contribution in [3.8, 4) is 6.07 Å². The lowest BCUT2D eigenvalue weighted by molar-refractivity contribution is -0.143. The molecule has 0 radical (unpaired) electrons. The average Bonchev–Trinajstić information content (AvgIpc) is 3.01. The van der Waals surface area contributed by atoms with Crippen LogP contribution in [0.1, 0.15) is 51.5 Å². The van der Waals surface area contributed by atoms with Crippen molar-refractivity contribution >= 4 is 17.8 Å². The molecule has 4 nitrogen and oxygen atoms in total. The quantitative estimate of drug-likeness (QED) is 0.523. The van der Waals surface area contributed by atoms with E-state index in [1.807, 2.05) is 6.07 Å². The Bertz CT molecular complexity index is 746. The van der Waals surface area contributed by atoms with Crippen LogP contribution in [-0.2, 0) is 9.59 Å². The van der Waals surface area contributed by atoms with E-state index in [0.717, 1.165) is 12.8 Å². The summed E-state index contributed by atoms with van der Waals surface area (Å²) in [5.41, 5.74) is 0.651. The normalized spacial score (nSPS) is 22.6. The monoisotopic (exact) mass is 371 g/mol. The minimum Gasteiger partial charge on any atom is -0.481 e. The summed E-state index contributed by atoms with van der Waals surface area (Å²) in [6, 6.07) is 7.53. The molecule has 1 aliphatic rings. The second-order valence-electron chi connectivity index (χ2n) is 7.86. The number of ketones is 1. The Morgan fingerprint density at radius 3 is 2.52 bits per heavy atom. The standard InChI is InChI=1S/C22H26FNO3/c1-14(2)9-17-11-16(12-20(17)22(26)27)5-8-21(25)18(13-24)10-15-3-6-19(23)7-4-15/h3-4,6-7,10,14,16-17,20H,5,8-9,11-12H2,1-2H3,(H,26,27)/b18-10+/t16?,17-,20-/m1/s1. The van der Waals surface area contributed by atoms with Crippen LogP contribution in [0.25, 0.3) is 6.08 Å². The number of halogens is 1. The summed E-state index contributed by atoms with van der Waals surface area (Å²) in [6.45, 7) is 4.18. The van der Waals surface area contributed by atoms with E-state index >= 15 is 0 Å². The van der Waals surface area contributed by atoms with Crippen molar-refractivity contribution in [2.24, 2.45) is 23.7 Å². The van der Waals surface area contributed by atoms with Gasteiger partial charge in [-0.15, -0.1) is 0 Å². The summed E-state index contributed by atoms with van der Waals surface area (Å²) in [5, 5.41) is 18.7. The highest BCUT2D eigenvalue weighted by atomic mass is 19.1. The third kappa shape index (κ3) is 6.02. The van der Waals surface area contributed by atoms with Crippen LogP contribution in [0, 0.1) is 40.8 Å². The van der Waals surface area contributed by atoms with Crippen molar-refractivity contribution in [1.29, 1.82) is 5.26 Å². The number of nitrogens with zero attached hydrogens (tertiary/aromatic N) is 1. The molecule has 1 aromatic rings. The molecule has 0 aliphatic heterocycles. The molecule has 5 heteroatoms. The molecule has 0 spiro atoms. The highest BCUT2D eigenvalue weighted by Gasteiger charge is 2.38. The molecule has 2 rings (SSSR count). The molecule has 1 N–H and O–H groups in total. The van der Waals surface area contributed by atoms with Crippen molar-refractivity contribution in [2.45, 2.75) is 46.0 Å². The Hall–Kier alpha value is -2.48. The van der Waals surface area contributed by atoms with Crippen LogP contribution in [0.3, 0.4) is 0 Å². The first-order valence-electron chi connectivity index (χ1n) is 9.43. The summed E-state index contributed by atoms with van der Waals surface area (Å²) >= 11 is 0. The molecular formula is C22H26FNO3. The zero-order chi connectivity index (χ0) is 20.0. The zero-order valence-electron chi connectivity index (χ0n) is 15.8. The molecule has 0 aromatic heterocycles. The Morgan fingerprint density at radius 2 is 1.96 bits per heavy atom. The summed E-state index contributed by atoms with van der Waals surface area (Å²) < 4.78 is 13.0. The summed E-state index contributed by atoms with van der Waals surface area (Å²) in [6.07, 6.45) is 4.61. The number of aliphatic carboxylic acids is 1. The van der Waals surface area contributed by atoms with Crippen LogP contribution in [0.4, 0.5) is 4.39 Å². The number of nitriles is 1. The summed E-state index contributed by atoms with van der Waals surface area (Å²) in [4.78, 5) is 23.9. The molecule has 3 atom stereocenters. The van der Waals surface area contributed by atoms with E-state index in [-0.39, 0.29) is 41.3 Å². The van der Waals surface area contributed by atoms with Crippen LogP contribution >= 0.6 is 0 Å². The van der Waals surface area contributed by atoms with Crippen LogP contribution in [0.5, 0.6) is 0 Å². The number of carbonyl (C=O) groups excluding carboxylic acids is 1. The number of allylic oxidation sites excluding steroid dienone is 1. The van der Waals surface area contributed by atoms with Gasteiger partial charge in [-0.3, -0.25) is 9.59 Å². The molecular weight excluding hydrogens is 345 g/mol. The predicted octanol–water partition coefficient (Wildman–Crippen LogP) is 4.86. The second kappa shape index (κ2) is 9.45. The van der Waals surface area contributed by atoms with E-state index in [4.69, 9.17) is 0 Å². The SMILES string of the molecule is CC(C)C[C@@H]1CC(CCC(=O)/C(C#N)=C/c2ccc(F)cc2)C[C@H]1C(=O)O. The minimum atomic E-state index is -0.747. The van der Waals surface area contributed by atoms with Crippen LogP contribution in [-0.4, -0.2) is 16.9 Å². The Morgan fingerprint density at radius 1 is 1.30 bits per heavy atom. The van der Waals surface area contributed by atoms with E-state index in [1.54, 1.807) is 0 Å². The molecule has 0 saturated heterocycles. The van der Waals surface area contributed by atoms with Gasteiger partial charge in [0.15, 0.2) is 5.78 Å². The maximum absolute atomic E-state index is 13.0. The fourth-order valence-corrected chi connectivity index (χ4v) is 4.02. The molecule has 27 heavy (non-hydrogen) atoms. The van der Waals surface area contributed by atoms with Gasteiger partial charge in [-0.2, -0.15) is 5.26 Å². The van der Waals surface area contributed by atoms with Gasteiger partial charge in [0.25, 0.3) is 0 Å². The smallest absolute Gasteiger partial charge is 0.306 e. The van der Waals surface area contributed by atoms with Gasteiger partial charge in [0.05, 0.1) is 11.5 Å². The largest absolute Gasteiger partial charge is 0.481 e. The molecule has 1 unspecified atom stereocenters. The Kier molecular flexibility index (Phi) is 7.29. The predicted molar refractivity (Wildman–Crippen MR) is 101 cm³/mol. The number of carboxylic acid groups (broad SMARTS) is 1. The van der Waals surface area contributed by atoms with Crippen molar-refractivity contribution in [1.82, 2.24) is 0 Å². The number of carbonyl (C=O) groups is 2. The van der Waals surface area contributed by atoms with Gasteiger partial charge < -0.3 is 5.11 Å². The molecule has 0 bridgehead atoms. The maximum atomic E-state index is 13.0. The van der Waals surface area contributed by atoms with Crippen molar-refractivity contribution < 1.29 is 19.1 Å². The minimum absolute atomic E-state index is 0.0492. The Balaban J connectivity index is 1.96. The van der Waals surface area contributed by atoms with Gasteiger partial charge >= 0.3 is 5.97 Å². The van der Waals surface area contributed by atoms with E-state index in [0.29, 0.717) is 24.3 Å². The molecule has 1 fully saturated rings. The third-order valence-corrected chi connectivity index (χ3v) is 5.27. The number of hydrogen-bond acceptors (Lipinski definition) is 3. The molecule has 0 amide bonds. The van der Waals surface area contributed by atoms with Gasteiger partial charge in [-0.1, -0.05) is 26.0 Å². The number of hydrogen-bond donors (Lipinski definition) is 1. The first-order valence-corrected chi connectivity index (χ1v) is 9.43. The van der Waals surface area contributed by atoms with Gasteiger partial charge in [-0.05, 0) is 67.2 Å². The van der Waals surface area contributed by atoms with Gasteiger partial charge in [-0.25, -0.2) is 4.39 Å². The van der Waals surface area contributed by atoms with E-state index < -0.39 is 5.97 Å². The molecule has 1 saturated carbocycles. The van der Waals surface area contributed by atoms with E-state index in [9.17, 15) is 24.3 Å². The van der Waals surface area contributed by atoms with E-state index in [2.05, 4.69) is 13.8 Å². The lowest BCUT2D eigenvalue weighted by Gasteiger charge is -2.17. The van der Waals surface area contributed by atoms with Crippen molar-refractivity contribution in [3.05, 3.63) is 41.2 Å². The molecule has 1 aliphatic carbocycles. The maximum Gasteiger partial charge on any atom is 0.306 e. The topological polar surface area (TPSA) is 78.2 Å². The average molecular weight is 371 g/mol. The number of benzene rings is 1.